The van der Waals surface area contributed by atoms with E-state index in [2.05, 4.69) is 17.1 Å². The number of aromatic nitrogens is 1. The molecule has 2 aromatic rings. The van der Waals surface area contributed by atoms with Crippen LogP contribution >= 0.6 is 0 Å². The van der Waals surface area contributed by atoms with E-state index < -0.39 is 0 Å². The highest BCUT2D eigenvalue weighted by molar-refractivity contribution is 5.39. The highest BCUT2D eigenvalue weighted by Gasteiger charge is 2.22. The molecule has 0 spiro atoms. The molecule has 1 aromatic carbocycles. The summed E-state index contributed by atoms with van der Waals surface area (Å²) in [6.07, 6.45) is 6.95. The molecule has 1 atom stereocenters. The molecule has 3 rings (SSSR count). The fraction of sp³-hybridized carbons (Fsp3) is 0.312. The monoisotopic (exact) mass is 255 g/mol. The smallest absolute Gasteiger partial charge is 0.124 e. The fourth-order valence-corrected chi connectivity index (χ4v) is 2.56. The first-order valence-electron chi connectivity index (χ1n) is 6.60. The maximum Gasteiger partial charge on any atom is 0.124 e. The van der Waals surface area contributed by atoms with E-state index in [4.69, 9.17) is 9.47 Å². The number of methoxy groups -OCH3 is 1. The summed E-state index contributed by atoms with van der Waals surface area (Å²) in [5.74, 6) is 1.76. The topological polar surface area (TPSA) is 31.4 Å². The number of benzene rings is 1. The van der Waals surface area contributed by atoms with Gasteiger partial charge in [0.05, 0.1) is 7.11 Å². The predicted molar refractivity (Wildman–Crippen MR) is 73.5 cm³/mol. The largest absolute Gasteiger partial charge is 0.497 e. The molecular weight excluding hydrogens is 238 g/mol. The van der Waals surface area contributed by atoms with E-state index in [9.17, 15) is 0 Å². The van der Waals surface area contributed by atoms with Gasteiger partial charge in [0.2, 0.25) is 0 Å². The summed E-state index contributed by atoms with van der Waals surface area (Å²) in [5.41, 5.74) is 2.62. The first kappa shape index (κ1) is 12.0. The van der Waals surface area contributed by atoms with Crippen LogP contribution in [0.4, 0.5) is 0 Å². The molecule has 3 heteroatoms. The van der Waals surface area contributed by atoms with Gasteiger partial charge in [-0.2, -0.15) is 0 Å². The highest BCUT2D eigenvalue weighted by Crippen LogP contribution is 2.35. The van der Waals surface area contributed by atoms with Gasteiger partial charge >= 0.3 is 0 Å². The average Bonchev–Trinajstić information content (AvgIpc) is 2.48. The molecule has 19 heavy (non-hydrogen) atoms. The van der Waals surface area contributed by atoms with Crippen LogP contribution in [0.3, 0.4) is 0 Å². The Morgan fingerprint density at radius 1 is 1.11 bits per heavy atom. The Labute approximate surface area is 113 Å². The predicted octanol–water partition coefficient (Wildman–Crippen LogP) is 3.55. The molecule has 98 valence electrons. The number of ether oxygens (including phenoxy) is 2. The highest BCUT2D eigenvalue weighted by atomic mass is 16.5. The zero-order valence-electron chi connectivity index (χ0n) is 11.0. The fourth-order valence-electron chi connectivity index (χ4n) is 2.56. The molecule has 1 aromatic heterocycles. The standard InChI is InChI=1S/C16H17NO2/c1-18-14-6-5-12-3-2-4-16(15(12)11-14)19-13-7-9-17-10-8-13/h5-11,16H,2-4H2,1H3. The van der Waals surface area contributed by atoms with Crippen molar-refractivity contribution in [2.45, 2.75) is 25.4 Å². The van der Waals surface area contributed by atoms with Crippen LogP contribution in [0.5, 0.6) is 11.5 Å². The van der Waals surface area contributed by atoms with E-state index >= 15 is 0 Å². The Morgan fingerprint density at radius 2 is 1.95 bits per heavy atom. The average molecular weight is 255 g/mol. The summed E-state index contributed by atoms with van der Waals surface area (Å²) in [4.78, 5) is 4.01. The van der Waals surface area contributed by atoms with Gasteiger partial charge in [-0.1, -0.05) is 6.07 Å². The number of pyridine rings is 1. The molecule has 0 amide bonds. The lowest BCUT2D eigenvalue weighted by molar-refractivity contribution is 0.183. The molecule has 0 radical (unpaired) electrons. The van der Waals surface area contributed by atoms with Gasteiger partial charge < -0.3 is 9.47 Å². The third-order valence-electron chi connectivity index (χ3n) is 3.54. The van der Waals surface area contributed by atoms with Gasteiger partial charge in [0.25, 0.3) is 0 Å². The molecule has 1 aliphatic carbocycles. The third kappa shape index (κ3) is 2.55. The van der Waals surface area contributed by atoms with E-state index in [1.54, 1.807) is 19.5 Å². The Morgan fingerprint density at radius 3 is 2.74 bits per heavy atom. The molecule has 0 aliphatic heterocycles. The molecule has 0 saturated heterocycles. The second-order valence-electron chi connectivity index (χ2n) is 4.75. The SMILES string of the molecule is COc1ccc2c(c1)C(Oc1ccncc1)CCC2. The molecule has 0 fully saturated rings. The van der Waals surface area contributed by atoms with Gasteiger partial charge in [0.1, 0.15) is 17.6 Å². The van der Waals surface area contributed by atoms with E-state index in [-0.39, 0.29) is 6.10 Å². The minimum atomic E-state index is 0.112. The van der Waals surface area contributed by atoms with Gasteiger partial charge in [0, 0.05) is 12.4 Å². The Balaban J connectivity index is 1.89. The first-order valence-corrected chi connectivity index (χ1v) is 6.60. The lowest BCUT2D eigenvalue weighted by Gasteiger charge is -2.26. The Bertz CT molecular complexity index is 554. The number of fused-ring (bicyclic) bond motifs is 1. The number of hydrogen-bond donors (Lipinski definition) is 0. The third-order valence-corrected chi connectivity index (χ3v) is 3.54. The number of nitrogens with zero attached hydrogens (tertiary/aromatic N) is 1. The molecule has 0 saturated carbocycles. The van der Waals surface area contributed by atoms with Crippen molar-refractivity contribution in [1.29, 1.82) is 0 Å². The van der Waals surface area contributed by atoms with E-state index in [1.807, 2.05) is 18.2 Å². The zero-order chi connectivity index (χ0) is 13.1. The Hall–Kier alpha value is -2.03. The summed E-state index contributed by atoms with van der Waals surface area (Å²) in [5, 5.41) is 0. The second-order valence-corrected chi connectivity index (χ2v) is 4.75. The minimum absolute atomic E-state index is 0.112. The summed E-state index contributed by atoms with van der Waals surface area (Å²) < 4.78 is 11.4. The quantitative estimate of drug-likeness (QED) is 0.840. The van der Waals surface area contributed by atoms with Crippen LogP contribution in [0.15, 0.2) is 42.7 Å². The first-order chi connectivity index (χ1) is 9.36. The van der Waals surface area contributed by atoms with Crippen LogP contribution in [0.25, 0.3) is 0 Å². The maximum absolute atomic E-state index is 6.09. The van der Waals surface area contributed by atoms with Crippen molar-refractivity contribution in [2.24, 2.45) is 0 Å². The van der Waals surface area contributed by atoms with E-state index in [0.717, 1.165) is 30.8 Å². The van der Waals surface area contributed by atoms with Crippen molar-refractivity contribution < 1.29 is 9.47 Å². The number of aryl methyl sites for hydroxylation is 1. The van der Waals surface area contributed by atoms with Gasteiger partial charge in [-0.3, -0.25) is 4.98 Å². The molecule has 1 unspecified atom stereocenters. The molecule has 0 N–H and O–H groups in total. The lowest BCUT2D eigenvalue weighted by Crippen LogP contribution is -2.15. The maximum atomic E-state index is 6.09. The Kier molecular flexibility index (Phi) is 3.36. The summed E-state index contributed by atoms with van der Waals surface area (Å²) in [7, 11) is 1.70. The van der Waals surface area contributed by atoms with E-state index in [0.29, 0.717) is 0 Å². The van der Waals surface area contributed by atoms with Crippen molar-refractivity contribution in [3.8, 4) is 11.5 Å². The van der Waals surface area contributed by atoms with Crippen molar-refractivity contribution in [2.75, 3.05) is 7.11 Å². The number of rotatable bonds is 3. The zero-order valence-corrected chi connectivity index (χ0v) is 11.0. The second kappa shape index (κ2) is 5.31. The normalized spacial score (nSPS) is 17.6. The molecule has 0 bridgehead atoms. The summed E-state index contributed by atoms with van der Waals surface area (Å²) in [6, 6.07) is 10.1. The minimum Gasteiger partial charge on any atom is -0.497 e. The van der Waals surface area contributed by atoms with Crippen molar-refractivity contribution in [1.82, 2.24) is 4.98 Å². The summed E-state index contributed by atoms with van der Waals surface area (Å²) >= 11 is 0. The summed E-state index contributed by atoms with van der Waals surface area (Å²) in [6.45, 7) is 0. The molecule has 1 aliphatic rings. The van der Waals surface area contributed by atoms with Crippen LogP contribution in [0.2, 0.25) is 0 Å². The molecule has 1 heterocycles. The van der Waals surface area contributed by atoms with Gasteiger partial charge in [-0.15, -0.1) is 0 Å². The lowest BCUT2D eigenvalue weighted by atomic mass is 9.89. The van der Waals surface area contributed by atoms with Gasteiger partial charge in [-0.05, 0) is 54.7 Å². The molecular formula is C16H17NO2. The van der Waals surface area contributed by atoms with Gasteiger partial charge in [0.15, 0.2) is 0 Å². The van der Waals surface area contributed by atoms with Crippen molar-refractivity contribution >= 4 is 0 Å². The van der Waals surface area contributed by atoms with Crippen molar-refractivity contribution in [3.63, 3.8) is 0 Å². The number of hydrogen-bond acceptors (Lipinski definition) is 3. The van der Waals surface area contributed by atoms with Crippen LogP contribution in [0, 0.1) is 0 Å². The van der Waals surface area contributed by atoms with Crippen molar-refractivity contribution in [3.05, 3.63) is 53.9 Å². The van der Waals surface area contributed by atoms with Crippen LogP contribution in [-0.4, -0.2) is 12.1 Å². The van der Waals surface area contributed by atoms with Crippen LogP contribution in [0.1, 0.15) is 30.1 Å². The van der Waals surface area contributed by atoms with Gasteiger partial charge in [-0.25, -0.2) is 0 Å². The van der Waals surface area contributed by atoms with Crippen LogP contribution in [-0.2, 0) is 6.42 Å². The van der Waals surface area contributed by atoms with Crippen LogP contribution < -0.4 is 9.47 Å². The van der Waals surface area contributed by atoms with E-state index in [1.165, 1.54) is 11.1 Å². The molecule has 3 nitrogen and oxygen atoms in total.